The van der Waals surface area contributed by atoms with Gasteiger partial charge in [-0.1, -0.05) is 72.8 Å². The average molecular weight is 803 g/mol. The third-order valence-electron chi connectivity index (χ3n) is 8.87. The van der Waals surface area contributed by atoms with Crippen molar-refractivity contribution in [2.45, 2.75) is 30.7 Å². The second-order valence-electron chi connectivity index (χ2n) is 12.8. The summed E-state index contributed by atoms with van der Waals surface area (Å²) in [5.74, 6) is -4.60. The lowest BCUT2D eigenvalue weighted by molar-refractivity contribution is -0.275. The van der Waals surface area contributed by atoms with Crippen LogP contribution in [-0.2, 0) is 28.5 Å². The van der Waals surface area contributed by atoms with Crippen LogP contribution in [0.1, 0.15) is 47.0 Å². The Hall–Kier alpha value is -7.45. The summed E-state index contributed by atoms with van der Waals surface area (Å²) in [5.41, 5.74) is 0.919. The minimum atomic E-state index is -1.72. The molecule has 1 N–H and O–H groups in total. The molecule has 14 nitrogen and oxygen atoms in total. The highest BCUT2D eigenvalue weighted by Crippen LogP contribution is 2.42. The Morgan fingerprint density at radius 3 is 1.41 bits per heavy atom. The lowest BCUT2D eigenvalue weighted by Gasteiger charge is -2.44. The van der Waals surface area contributed by atoms with Crippen molar-refractivity contribution in [2.75, 3.05) is 20.8 Å². The summed E-state index contributed by atoms with van der Waals surface area (Å²) in [6, 6.07) is 34.9. The van der Waals surface area contributed by atoms with Crippen LogP contribution >= 0.6 is 0 Å². The summed E-state index contributed by atoms with van der Waals surface area (Å²) in [4.78, 5) is 66.2. The van der Waals surface area contributed by atoms with E-state index in [4.69, 9.17) is 37.9 Å². The number of esters is 4. The van der Waals surface area contributed by atoms with E-state index < -0.39 is 67.2 Å². The van der Waals surface area contributed by atoms with Crippen molar-refractivity contribution in [1.82, 2.24) is 0 Å². The highest BCUT2D eigenvalue weighted by Gasteiger charge is 2.54. The summed E-state index contributed by atoms with van der Waals surface area (Å²) < 4.78 is 48.1. The van der Waals surface area contributed by atoms with Crippen LogP contribution in [-0.4, -0.2) is 86.5 Å². The van der Waals surface area contributed by atoms with Crippen LogP contribution in [0.5, 0.6) is 17.2 Å². The van der Waals surface area contributed by atoms with Gasteiger partial charge in [0.05, 0.1) is 36.5 Å². The topological polar surface area (TPSA) is 179 Å². The number of hydrogen-bond donors (Lipinski definition) is 1. The van der Waals surface area contributed by atoms with Crippen LogP contribution in [0.3, 0.4) is 0 Å². The van der Waals surface area contributed by atoms with Crippen LogP contribution in [0.25, 0.3) is 6.08 Å². The molecule has 1 aliphatic heterocycles. The Balaban J connectivity index is 1.48. The van der Waals surface area contributed by atoms with E-state index in [0.717, 1.165) is 6.08 Å². The maximum Gasteiger partial charge on any atom is 0.338 e. The molecule has 5 aromatic rings. The van der Waals surface area contributed by atoms with E-state index in [9.17, 15) is 29.1 Å². The van der Waals surface area contributed by atoms with Gasteiger partial charge in [-0.05, 0) is 72.3 Å². The normalized spacial score (nSPS) is 18.5. The Morgan fingerprint density at radius 2 is 0.983 bits per heavy atom. The molecule has 0 spiro atoms. The molecule has 0 aliphatic carbocycles. The van der Waals surface area contributed by atoms with E-state index in [1.54, 1.807) is 84.9 Å². The van der Waals surface area contributed by atoms with Gasteiger partial charge >= 0.3 is 29.8 Å². The standard InChI is InChI=1S/C45H38O14/c1-52-33-25-28(23-24-36(46)47)26-34(53-2)37(33)59-45-40(58-44(51)32-21-13-6-14-22-32)39(57-43(50)31-19-11-5-12-20-31)38(56-42(49)30-17-9-4-10-18-30)35(55-45)27-54-41(48)29-15-7-3-8-16-29/h3-26,35,38-40,45H,27H2,1-2H3,(H,46,47)/b24-23+/t35-,38+,39+,40-,45+/m1/s1. The predicted octanol–water partition coefficient (Wildman–Crippen LogP) is 6.44. The molecule has 59 heavy (non-hydrogen) atoms. The monoisotopic (exact) mass is 802 g/mol. The van der Waals surface area contributed by atoms with Crippen LogP contribution in [0.4, 0.5) is 0 Å². The number of benzene rings is 5. The van der Waals surface area contributed by atoms with Crippen molar-refractivity contribution in [3.8, 4) is 17.2 Å². The molecule has 0 bridgehead atoms. The van der Waals surface area contributed by atoms with Crippen molar-refractivity contribution >= 4 is 35.9 Å². The molecule has 0 amide bonds. The Kier molecular flexibility index (Phi) is 13.7. The molecule has 1 saturated heterocycles. The molecule has 1 fully saturated rings. The molecule has 5 aromatic carbocycles. The summed E-state index contributed by atoms with van der Waals surface area (Å²) in [6.45, 7) is -0.577. The van der Waals surface area contributed by atoms with E-state index in [-0.39, 0.29) is 39.5 Å². The maximum atomic E-state index is 13.9. The minimum Gasteiger partial charge on any atom is -0.493 e. The third kappa shape index (κ3) is 10.5. The zero-order chi connectivity index (χ0) is 41.7. The molecule has 14 heteroatoms. The fourth-order valence-corrected chi connectivity index (χ4v) is 6.02. The first-order chi connectivity index (χ1) is 28.6. The van der Waals surface area contributed by atoms with Gasteiger partial charge in [-0.3, -0.25) is 0 Å². The Morgan fingerprint density at radius 1 is 0.576 bits per heavy atom. The van der Waals surface area contributed by atoms with Gasteiger partial charge in [-0.25, -0.2) is 24.0 Å². The van der Waals surface area contributed by atoms with E-state index in [2.05, 4.69) is 0 Å². The second-order valence-corrected chi connectivity index (χ2v) is 12.8. The van der Waals surface area contributed by atoms with Gasteiger partial charge in [0.1, 0.15) is 12.7 Å². The SMILES string of the molecule is COc1cc(/C=C/C(=O)O)cc(OC)c1O[C@@H]1O[C@H](COC(=O)c2ccccc2)[C@H](OC(=O)c2ccccc2)[C@H](OC(=O)c2ccccc2)[C@H]1OC(=O)c1ccccc1. The van der Waals surface area contributed by atoms with Crippen molar-refractivity contribution in [1.29, 1.82) is 0 Å². The minimum absolute atomic E-state index is 0.0358. The number of carbonyl (C=O) groups is 5. The molecular formula is C45H38O14. The number of aliphatic carboxylic acids is 1. The first-order valence-electron chi connectivity index (χ1n) is 18.1. The fraction of sp³-hybridized carbons (Fsp3) is 0.178. The molecule has 6 rings (SSSR count). The molecule has 0 radical (unpaired) electrons. The van der Waals surface area contributed by atoms with Gasteiger partial charge in [-0.2, -0.15) is 0 Å². The number of hydrogen-bond acceptors (Lipinski definition) is 13. The fourth-order valence-electron chi connectivity index (χ4n) is 6.02. The number of methoxy groups -OCH3 is 2. The molecule has 1 aliphatic rings. The number of rotatable bonds is 15. The summed E-state index contributed by atoms with van der Waals surface area (Å²) in [6.07, 6.45) is -5.91. The van der Waals surface area contributed by atoms with Gasteiger partial charge in [0.25, 0.3) is 0 Å². The lowest BCUT2D eigenvalue weighted by Crippen LogP contribution is -2.64. The van der Waals surface area contributed by atoms with Crippen LogP contribution in [0.15, 0.2) is 140 Å². The number of carbonyl (C=O) groups excluding carboxylic acids is 4. The van der Waals surface area contributed by atoms with Crippen molar-refractivity contribution in [2.24, 2.45) is 0 Å². The number of ether oxygens (including phenoxy) is 8. The highest BCUT2D eigenvalue weighted by molar-refractivity contribution is 5.92. The van der Waals surface area contributed by atoms with Crippen molar-refractivity contribution < 1.29 is 67.0 Å². The predicted molar refractivity (Wildman–Crippen MR) is 209 cm³/mol. The van der Waals surface area contributed by atoms with E-state index in [1.807, 2.05) is 0 Å². The number of carboxylic acids is 1. The van der Waals surface area contributed by atoms with E-state index in [0.29, 0.717) is 5.56 Å². The molecule has 0 unspecified atom stereocenters. The van der Waals surface area contributed by atoms with Gasteiger partial charge in [0.2, 0.25) is 18.1 Å². The summed E-state index contributed by atoms with van der Waals surface area (Å²) in [5, 5.41) is 9.22. The quantitative estimate of drug-likeness (QED) is 0.0694. The van der Waals surface area contributed by atoms with Crippen molar-refractivity contribution in [3.05, 3.63) is 167 Å². The van der Waals surface area contributed by atoms with Crippen LogP contribution < -0.4 is 14.2 Å². The van der Waals surface area contributed by atoms with Gasteiger partial charge in [0.15, 0.2) is 23.7 Å². The Bertz CT molecular complexity index is 2240. The average Bonchev–Trinajstić information content (AvgIpc) is 3.27. The smallest absolute Gasteiger partial charge is 0.338 e. The molecule has 1 heterocycles. The van der Waals surface area contributed by atoms with Gasteiger partial charge < -0.3 is 43.0 Å². The third-order valence-corrected chi connectivity index (χ3v) is 8.87. The van der Waals surface area contributed by atoms with E-state index in [1.165, 1.54) is 68.8 Å². The first-order valence-corrected chi connectivity index (χ1v) is 18.1. The summed E-state index contributed by atoms with van der Waals surface area (Å²) in [7, 11) is 2.66. The molecule has 0 aromatic heterocycles. The zero-order valence-electron chi connectivity index (χ0n) is 31.7. The largest absolute Gasteiger partial charge is 0.493 e. The van der Waals surface area contributed by atoms with Crippen LogP contribution in [0, 0.1) is 0 Å². The van der Waals surface area contributed by atoms with Crippen molar-refractivity contribution in [3.63, 3.8) is 0 Å². The maximum absolute atomic E-state index is 13.9. The van der Waals surface area contributed by atoms with Gasteiger partial charge in [0, 0.05) is 6.08 Å². The molecule has 302 valence electrons. The Labute approximate surface area is 338 Å². The van der Waals surface area contributed by atoms with Gasteiger partial charge in [-0.15, -0.1) is 0 Å². The highest BCUT2D eigenvalue weighted by atomic mass is 16.7. The van der Waals surface area contributed by atoms with Crippen LogP contribution in [0.2, 0.25) is 0 Å². The number of carboxylic acid groups (broad SMARTS) is 1. The zero-order valence-corrected chi connectivity index (χ0v) is 31.7. The molecule has 5 atom stereocenters. The lowest BCUT2D eigenvalue weighted by atomic mass is 9.97. The molecule has 0 saturated carbocycles. The summed E-state index contributed by atoms with van der Waals surface area (Å²) >= 11 is 0. The molecular weight excluding hydrogens is 764 g/mol. The first kappa shape index (κ1) is 41.2. The van der Waals surface area contributed by atoms with E-state index >= 15 is 0 Å². The second kappa shape index (κ2) is 19.6.